The lowest BCUT2D eigenvalue weighted by molar-refractivity contribution is -0.131. The van der Waals surface area contributed by atoms with Crippen molar-refractivity contribution in [3.8, 4) is 0 Å². The Morgan fingerprint density at radius 1 is 1.10 bits per heavy atom. The van der Waals surface area contributed by atoms with Crippen LogP contribution in [0.1, 0.15) is 60.4 Å². The fourth-order valence-corrected chi connectivity index (χ4v) is 7.96. The van der Waals surface area contributed by atoms with Gasteiger partial charge in [-0.05, 0) is 128 Å². The van der Waals surface area contributed by atoms with E-state index in [1.807, 2.05) is 23.4 Å². The Morgan fingerprint density at radius 3 is 2.48 bits per heavy atom. The average Bonchev–Trinajstić information content (AvgIpc) is 3.10. The number of aromatic nitrogens is 1. The highest BCUT2D eigenvalue weighted by Gasteiger charge is 2.35. The number of benzene rings is 1. The molecule has 2 fully saturated rings. The van der Waals surface area contributed by atoms with Crippen LogP contribution in [0.3, 0.4) is 0 Å². The molecule has 1 aromatic carbocycles. The van der Waals surface area contributed by atoms with Crippen LogP contribution in [0.2, 0.25) is 5.02 Å². The molecular weight excluding hydrogens is 676 g/mol. The lowest BCUT2D eigenvalue weighted by Crippen LogP contribution is -2.42. The second kappa shape index (κ2) is 15.5. The predicted octanol–water partition coefficient (Wildman–Crippen LogP) is 6.51. The molecule has 0 spiro atoms. The lowest BCUT2D eigenvalue weighted by atomic mass is 9.76. The van der Waals surface area contributed by atoms with E-state index in [1.165, 1.54) is 47.2 Å². The third-order valence-electron chi connectivity index (χ3n) is 8.42. The van der Waals surface area contributed by atoms with E-state index in [1.54, 1.807) is 0 Å². The van der Waals surface area contributed by atoms with Crippen molar-refractivity contribution in [3.63, 3.8) is 0 Å². The van der Waals surface area contributed by atoms with Crippen molar-refractivity contribution in [2.24, 2.45) is 11.8 Å². The summed E-state index contributed by atoms with van der Waals surface area (Å²) < 4.78 is 5.15. The Kier molecular flexibility index (Phi) is 12.4. The number of carbonyl (C=O) groups is 2. The summed E-state index contributed by atoms with van der Waals surface area (Å²) in [4.78, 5) is 31.2. The van der Waals surface area contributed by atoms with Crippen LogP contribution in [0, 0.1) is 11.8 Å². The minimum atomic E-state index is 0.161. The number of rotatable bonds is 6. The van der Waals surface area contributed by atoms with Gasteiger partial charge in [-0.3, -0.25) is 14.5 Å². The van der Waals surface area contributed by atoms with Gasteiger partial charge in [0.25, 0.3) is 0 Å². The van der Waals surface area contributed by atoms with Crippen LogP contribution in [-0.4, -0.2) is 73.0 Å². The number of fused-ring (bicyclic) bond motifs is 2. The Labute approximate surface area is 264 Å². The molecule has 0 saturated carbocycles. The zero-order chi connectivity index (χ0) is 28.6. The van der Waals surface area contributed by atoms with Gasteiger partial charge < -0.3 is 14.6 Å². The van der Waals surface area contributed by atoms with Crippen molar-refractivity contribution in [1.29, 1.82) is 0 Å². The number of hydrogen-bond donors (Lipinski definition) is 1. The molecule has 1 N–H and O–H groups in total. The third-order valence-corrected chi connectivity index (χ3v) is 10.2. The number of pyridine rings is 1. The SMILES string of the molecule is CN1CCC(C2c3ncc(Br)cc3CCc3cc(Cl)cc(Br)c32)CC1.CSNCC(=O)N1CCC(CC=O)CC1. The van der Waals surface area contributed by atoms with Gasteiger partial charge in [0.05, 0.1) is 12.2 Å². The van der Waals surface area contributed by atoms with Gasteiger partial charge in [-0.25, -0.2) is 0 Å². The number of nitrogens with one attached hydrogen (secondary N) is 1. The summed E-state index contributed by atoms with van der Waals surface area (Å²) in [7, 11) is 2.22. The van der Waals surface area contributed by atoms with Gasteiger partial charge in [0.1, 0.15) is 6.29 Å². The van der Waals surface area contributed by atoms with E-state index in [0.29, 0.717) is 30.7 Å². The van der Waals surface area contributed by atoms with Gasteiger partial charge >= 0.3 is 0 Å². The van der Waals surface area contributed by atoms with Crippen LogP contribution in [0.4, 0.5) is 0 Å². The standard InChI is InChI=1S/C20H21Br2ClN2.C10H18N2O2S/c1-25-6-4-12(5-7-25)19-18-13(9-16(23)10-17(18)22)2-3-14-8-15(21)11-24-20(14)19;1-15-11-8-10(14)12-5-2-9(3-6-12)4-7-13/h8-12,19H,2-7H2,1H3;7,9,11H,2-6,8H2,1H3. The highest BCUT2D eigenvalue weighted by molar-refractivity contribution is 9.10. The zero-order valence-electron chi connectivity index (χ0n) is 23.3. The number of likely N-dealkylation sites (tertiary alicyclic amines) is 2. The number of aryl methyl sites for hydroxylation is 2. The normalized spacial score (nSPS) is 20.1. The van der Waals surface area contributed by atoms with E-state index >= 15 is 0 Å². The molecule has 0 radical (unpaired) electrons. The first kappa shape index (κ1) is 32.0. The first-order valence-corrected chi connectivity index (χ1v) is 17.3. The molecule has 3 aliphatic rings. The highest BCUT2D eigenvalue weighted by Crippen LogP contribution is 2.46. The van der Waals surface area contributed by atoms with Crippen molar-refractivity contribution in [2.45, 2.75) is 50.9 Å². The molecule has 1 aliphatic carbocycles. The molecule has 3 heterocycles. The van der Waals surface area contributed by atoms with Gasteiger partial charge in [-0.15, -0.1) is 0 Å². The first-order valence-electron chi connectivity index (χ1n) is 14.1. The smallest absolute Gasteiger partial charge is 0.237 e. The maximum absolute atomic E-state index is 11.6. The molecule has 10 heteroatoms. The Hall–Kier alpha value is -0.970. The number of aldehydes is 1. The van der Waals surface area contributed by atoms with E-state index < -0.39 is 0 Å². The van der Waals surface area contributed by atoms with Crippen molar-refractivity contribution >= 4 is 67.6 Å². The second-order valence-corrected chi connectivity index (χ2v) is 13.9. The number of amides is 1. The summed E-state index contributed by atoms with van der Waals surface area (Å²) in [6, 6.07) is 6.46. The van der Waals surface area contributed by atoms with Crippen LogP contribution >= 0.6 is 55.4 Å². The Balaban J connectivity index is 0.000000212. The van der Waals surface area contributed by atoms with Gasteiger partial charge in [0.2, 0.25) is 5.91 Å². The summed E-state index contributed by atoms with van der Waals surface area (Å²) in [5.74, 6) is 1.62. The van der Waals surface area contributed by atoms with Crippen LogP contribution in [0.5, 0.6) is 0 Å². The second-order valence-electron chi connectivity index (χ2n) is 11.0. The molecule has 1 aromatic heterocycles. The Morgan fingerprint density at radius 2 is 1.80 bits per heavy atom. The molecule has 1 unspecified atom stereocenters. The molecule has 1 amide bonds. The van der Waals surface area contributed by atoms with Crippen LogP contribution in [0.15, 0.2) is 33.3 Å². The van der Waals surface area contributed by atoms with E-state index in [-0.39, 0.29) is 5.91 Å². The van der Waals surface area contributed by atoms with Crippen molar-refractivity contribution in [1.82, 2.24) is 19.5 Å². The fourth-order valence-electron chi connectivity index (χ4n) is 6.19. The largest absolute Gasteiger partial charge is 0.342 e. The number of halogens is 3. The molecule has 40 heavy (non-hydrogen) atoms. The molecular formula is C30H39Br2ClN4O2S. The molecule has 0 bridgehead atoms. The highest BCUT2D eigenvalue weighted by atomic mass is 79.9. The minimum absolute atomic E-state index is 0.161. The molecule has 218 valence electrons. The van der Waals surface area contributed by atoms with Gasteiger partial charge in [0, 0.05) is 45.6 Å². The number of piperidine rings is 2. The quantitative estimate of drug-likeness (QED) is 0.272. The predicted molar refractivity (Wildman–Crippen MR) is 172 cm³/mol. The van der Waals surface area contributed by atoms with Crippen molar-refractivity contribution in [2.75, 3.05) is 46.0 Å². The molecule has 2 aliphatic heterocycles. The third kappa shape index (κ3) is 8.32. The summed E-state index contributed by atoms with van der Waals surface area (Å²) in [6.07, 6.45) is 11.9. The maximum Gasteiger partial charge on any atom is 0.237 e. The van der Waals surface area contributed by atoms with Gasteiger partial charge in [-0.1, -0.05) is 39.5 Å². The van der Waals surface area contributed by atoms with Crippen LogP contribution < -0.4 is 4.72 Å². The summed E-state index contributed by atoms with van der Waals surface area (Å²) >= 11 is 15.2. The molecule has 1 atom stereocenters. The van der Waals surface area contributed by atoms with Crippen molar-refractivity contribution < 1.29 is 9.59 Å². The molecule has 5 rings (SSSR count). The Bertz CT molecular complexity index is 1170. The minimum Gasteiger partial charge on any atom is -0.342 e. The van der Waals surface area contributed by atoms with E-state index in [2.05, 4.69) is 60.7 Å². The van der Waals surface area contributed by atoms with Crippen LogP contribution in [-0.2, 0) is 22.4 Å². The first-order chi connectivity index (χ1) is 19.3. The fraction of sp³-hybridized carbons (Fsp3) is 0.567. The summed E-state index contributed by atoms with van der Waals surface area (Å²) in [5.41, 5.74) is 5.42. The summed E-state index contributed by atoms with van der Waals surface area (Å²) in [5, 5.41) is 0.813. The van der Waals surface area contributed by atoms with Gasteiger partial charge in [-0.2, -0.15) is 0 Å². The zero-order valence-corrected chi connectivity index (χ0v) is 28.0. The number of hydrogen-bond acceptors (Lipinski definition) is 6. The molecule has 2 saturated heterocycles. The average molecular weight is 715 g/mol. The maximum atomic E-state index is 11.6. The topological polar surface area (TPSA) is 65.5 Å². The molecule has 6 nitrogen and oxygen atoms in total. The number of carbonyl (C=O) groups excluding carboxylic acids is 2. The van der Waals surface area contributed by atoms with Crippen LogP contribution in [0.25, 0.3) is 0 Å². The van der Waals surface area contributed by atoms with E-state index in [0.717, 1.165) is 72.1 Å². The van der Waals surface area contributed by atoms with Gasteiger partial charge in [0.15, 0.2) is 0 Å². The van der Waals surface area contributed by atoms with Crippen molar-refractivity contribution in [3.05, 3.63) is 60.7 Å². The summed E-state index contributed by atoms with van der Waals surface area (Å²) in [6.45, 7) is 4.32. The molecule has 2 aromatic rings. The lowest BCUT2D eigenvalue weighted by Gasteiger charge is -2.35. The van der Waals surface area contributed by atoms with E-state index in [9.17, 15) is 9.59 Å². The van der Waals surface area contributed by atoms with E-state index in [4.69, 9.17) is 16.6 Å². The monoisotopic (exact) mass is 712 g/mol. The number of nitrogens with zero attached hydrogens (tertiary/aromatic N) is 3.